The van der Waals surface area contributed by atoms with Crippen molar-refractivity contribution in [3.63, 3.8) is 0 Å². The summed E-state index contributed by atoms with van der Waals surface area (Å²) in [7, 11) is 0. The van der Waals surface area contributed by atoms with Crippen molar-refractivity contribution < 1.29 is 19.0 Å². The molecule has 1 aromatic heterocycles. The molecule has 0 unspecified atom stereocenters. The average molecular weight is 418 g/mol. The fourth-order valence-corrected chi connectivity index (χ4v) is 3.58. The Morgan fingerprint density at radius 2 is 2.10 bits per heavy atom. The van der Waals surface area contributed by atoms with E-state index in [1.54, 1.807) is 6.21 Å². The van der Waals surface area contributed by atoms with E-state index in [0.29, 0.717) is 30.3 Å². The van der Waals surface area contributed by atoms with Crippen LogP contribution >= 0.6 is 11.3 Å². The second kappa shape index (κ2) is 10.9. The Bertz CT molecular complexity index is 831. The zero-order chi connectivity index (χ0) is 20.5. The summed E-state index contributed by atoms with van der Waals surface area (Å²) in [6.07, 6.45) is 1.59. The molecule has 1 fully saturated rings. The number of rotatable bonds is 9. The maximum absolute atomic E-state index is 12.0. The Hall–Kier alpha value is -2.42. The second-order valence-electron chi connectivity index (χ2n) is 6.59. The molecular formula is C21H27N3O4S. The van der Waals surface area contributed by atoms with Crippen LogP contribution in [0.15, 0.2) is 34.7 Å². The zero-order valence-corrected chi connectivity index (χ0v) is 17.7. The minimum Gasteiger partial charge on any atom is -0.490 e. The number of morpholine rings is 1. The number of hydrazone groups is 1. The van der Waals surface area contributed by atoms with Gasteiger partial charge in [0.2, 0.25) is 0 Å². The molecule has 0 spiro atoms. The van der Waals surface area contributed by atoms with Gasteiger partial charge in [-0.25, -0.2) is 5.43 Å². The molecule has 1 saturated heterocycles. The number of carbonyl (C=O) groups excluding carboxylic acids is 1. The largest absolute Gasteiger partial charge is 0.490 e. The van der Waals surface area contributed by atoms with Crippen LogP contribution in [-0.4, -0.2) is 63.1 Å². The zero-order valence-electron chi connectivity index (χ0n) is 16.8. The van der Waals surface area contributed by atoms with E-state index < -0.39 is 0 Å². The molecule has 0 atom stereocenters. The van der Waals surface area contributed by atoms with Gasteiger partial charge in [0.15, 0.2) is 11.5 Å². The first-order chi connectivity index (χ1) is 14.2. The van der Waals surface area contributed by atoms with Crippen LogP contribution in [0.25, 0.3) is 0 Å². The Morgan fingerprint density at radius 3 is 2.83 bits per heavy atom. The summed E-state index contributed by atoms with van der Waals surface area (Å²) >= 11 is 1.53. The van der Waals surface area contributed by atoms with Gasteiger partial charge in [-0.1, -0.05) is 0 Å². The lowest BCUT2D eigenvalue weighted by molar-refractivity contribution is 0.0321. The average Bonchev–Trinajstić information content (AvgIpc) is 3.17. The van der Waals surface area contributed by atoms with Crippen molar-refractivity contribution in [2.24, 2.45) is 5.10 Å². The molecule has 0 bridgehead atoms. The van der Waals surface area contributed by atoms with E-state index in [1.807, 2.05) is 43.5 Å². The lowest BCUT2D eigenvalue weighted by Crippen LogP contribution is -2.38. The first-order valence-corrected chi connectivity index (χ1v) is 10.6. The summed E-state index contributed by atoms with van der Waals surface area (Å²) in [5.74, 6) is 1.15. The van der Waals surface area contributed by atoms with Gasteiger partial charge in [-0.2, -0.15) is 5.10 Å². The number of benzene rings is 1. The number of carbonyl (C=O) groups is 1. The molecule has 1 N–H and O–H groups in total. The molecule has 1 aliphatic heterocycles. The number of amides is 1. The van der Waals surface area contributed by atoms with Gasteiger partial charge >= 0.3 is 0 Å². The van der Waals surface area contributed by atoms with E-state index in [1.165, 1.54) is 11.3 Å². The van der Waals surface area contributed by atoms with E-state index in [4.69, 9.17) is 14.2 Å². The molecule has 0 aliphatic carbocycles. The lowest BCUT2D eigenvalue weighted by atomic mass is 10.2. The summed E-state index contributed by atoms with van der Waals surface area (Å²) in [6, 6.07) is 7.45. The lowest BCUT2D eigenvalue weighted by Gasteiger charge is -2.26. The summed E-state index contributed by atoms with van der Waals surface area (Å²) in [4.78, 5) is 15.5. The van der Waals surface area contributed by atoms with Crippen molar-refractivity contribution in [1.82, 2.24) is 10.3 Å². The first-order valence-electron chi connectivity index (χ1n) is 9.74. The third kappa shape index (κ3) is 6.56. The summed E-state index contributed by atoms with van der Waals surface area (Å²) in [5, 5.41) is 5.86. The van der Waals surface area contributed by atoms with Gasteiger partial charge in [-0.3, -0.25) is 9.69 Å². The molecule has 1 amide bonds. The minimum atomic E-state index is -0.223. The minimum absolute atomic E-state index is 0.223. The highest BCUT2D eigenvalue weighted by molar-refractivity contribution is 7.10. The predicted molar refractivity (Wildman–Crippen MR) is 114 cm³/mol. The van der Waals surface area contributed by atoms with Gasteiger partial charge in [0.25, 0.3) is 5.91 Å². The number of nitrogens with one attached hydrogen (secondary N) is 1. The molecule has 0 radical (unpaired) electrons. The van der Waals surface area contributed by atoms with E-state index in [2.05, 4.69) is 15.4 Å². The van der Waals surface area contributed by atoms with Crippen molar-refractivity contribution in [3.8, 4) is 11.5 Å². The predicted octanol–water partition coefficient (Wildman–Crippen LogP) is 2.93. The molecule has 2 heterocycles. The van der Waals surface area contributed by atoms with Crippen molar-refractivity contribution in [1.29, 1.82) is 0 Å². The van der Waals surface area contributed by atoms with Gasteiger partial charge in [0.05, 0.1) is 31.6 Å². The number of nitrogens with zero attached hydrogens (tertiary/aromatic N) is 2. The van der Waals surface area contributed by atoms with Crippen LogP contribution in [0.4, 0.5) is 0 Å². The highest BCUT2D eigenvalue weighted by Gasteiger charge is 2.11. The summed E-state index contributed by atoms with van der Waals surface area (Å²) < 4.78 is 17.0. The van der Waals surface area contributed by atoms with Crippen molar-refractivity contribution in [2.75, 3.05) is 46.1 Å². The quantitative estimate of drug-likeness (QED) is 0.502. The van der Waals surface area contributed by atoms with Crippen LogP contribution in [0.2, 0.25) is 0 Å². The highest BCUT2D eigenvalue weighted by Crippen LogP contribution is 2.28. The number of hydrogen-bond donors (Lipinski definition) is 1. The molecule has 3 rings (SSSR count). The molecule has 2 aromatic rings. The van der Waals surface area contributed by atoms with Crippen molar-refractivity contribution in [3.05, 3.63) is 45.6 Å². The fourth-order valence-electron chi connectivity index (χ4n) is 2.89. The molecule has 7 nitrogen and oxygen atoms in total. The fraction of sp³-hybridized carbons (Fsp3) is 0.429. The van der Waals surface area contributed by atoms with Crippen LogP contribution in [0.1, 0.15) is 27.7 Å². The van der Waals surface area contributed by atoms with Gasteiger partial charge in [-0.15, -0.1) is 11.3 Å². The SMILES string of the molecule is CCOc1cc(/C=N/NC(=O)c2csc(C)c2)ccc1OCCN1CCOCC1. The topological polar surface area (TPSA) is 72.4 Å². The number of ether oxygens (including phenoxy) is 3. The van der Waals surface area contributed by atoms with Crippen molar-refractivity contribution in [2.45, 2.75) is 13.8 Å². The van der Waals surface area contributed by atoms with Crippen LogP contribution < -0.4 is 14.9 Å². The van der Waals surface area contributed by atoms with Gasteiger partial charge in [0.1, 0.15) is 6.61 Å². The molecular weight excluding hydrogens is 390 g/mol. The normalized spacial score (nSPS) is 14.8. The Morgan fingerprint density at radius 1 is 1.28 bits per heavy atom. The van der Waals surface area contributed by atoms with Crippen LogP contribution in [0, 0.1) is 6.92 Å². The molecule has 1 aliphatic rings. The van der Waals surface area contributed by atoms with Crippen molar-refractivity contribution >= 4 is 23.5 Å². The summed E-state index contributed by atoms with van der Waals surface area (Å²) in [6.45, 7) is 9.31. The number of thiophene rings is 1. The molecule has 8 heteroatoms. The third-order valence-electron chi connectivity index (χ3n) is 4.41. The Balaban J connectivity index is 1.55. The highest BCUT2D eigenvalue weighted by atomic mass is 32.1. The van der Waals surface area contributed by atoms with Crippen LogP contribution in [0.3, 0.4) is 0 Å². The number of aryl methyl sites for hydroxylation is 1. The smallest absolute Gasteiger partial charge is 0.272 e. The van der Waals surface area contributed by atoms with Gasteiger partial charge in [0, 0.05) is 29.9 Å². The van der Waals surface area contributed by atoms with E-state index in [9.17, 15) is 4.79 Å². The first kappa shape index (κ1) is 21.3. The van der Waals surface area contributed by atoms with E-state index >= 15 is 0 Å². The molecule has 1 aromatic carbocycles. The number of hydrogen-bond acceptors (Lipinski definition) is 7. The van der Waals surface area contributed by atoms with Gasteiger partial charge < -0.3 is 14.2 Å². The second-order valence-corrected chi connectivity index (χ2v) is 7.70. The van der Waals surface area contributed by atoms with Crippen LogP contribution in [0.5, 0.6) is 11.5 Å². The molecule has 0 saturated carbocycles. The standard InChI is InChI=1S/C21H27N3O4S/c1-3-27-20-13-17(14-22-23-21(25)18-12-16(2)29-15-18)4-5-19(20)28-11-8-24-6-9-26-10-7-24/h4-5,12-15H,3,6-11H2,1-2H3,(H,23,25)/b22-14+. The third-order valence-corrected chi connectivity index (χ3v) is 5.27. The summed E-state index contributed by atoms with van der Waals surface area (Å²) in [5.41, 5.74) is 3.98. The molecule has 156 valence electrons. The molecule has 29 heavy (non-hydrogen) atoms. The van der Waals surface area contributed by atoms with E-state index in [0.717, 1.165) is 43.3 Å². The monoisotopic (exact) mass is 417 g/mol. The maximum Gasteiger partial charge on any atom is 0.272 e. The van der Waals surface area contributed by atoms with E-state index in [-0.39, 0.29) is 5.91 Å². The Kier molecular flexibility index (Phi) is 8.03. The van der Waals surface area contributed by atoms with Gasteiger partial charge in [-0.05, 0) is 43.7 Å². The maximum atomic E-state index is 12.0. The van der Waals surface area contributed by atoms with Crippen LogP contribution in [-0.2, 0) is 4.74 Å². The Labute approximate surface area is 175 Å².